The van der Waals surface area contributed by atoms with Gasteiger partial charge in [0.25, 0.3) is 0 Å². The Morgan fingerprint density at radius 2 is 1.88 bits per heavy atom. The molecule has 0 radical (unpaired) electrons. The van der Waals surface area contributed by atoms with Crippen molar-refractivity contribution >= 4 is 11.4 Å². The summed E-state index contributed by atoms with van der Waals surface area (Å²) in [5, 5.41) is 10.8. The molecule has 132 valence electrons. The number of carbonyl (C=O) groups is 1. The highest BCUT2D eigenvalue weighted by Crippen LogP contribution is 2.38. The Morgan fingerprint density at radius 3 is 2.50 bits per heavy atom. The largest absolute Gasteiger partial charge is 0.511 e. The van der Waals surface area contributed by atoms with Crippen LogP contribution in [0.4, 0.5) is 0 Å². The summed E-state index contributed by atoms with van der Waals surface area (Å²) in [6.45, 7) is 7.67. The van der Waals surface area contributed by atoms with Crippen molar-refractivity contribution in [1.29, 1.82) is 0 Å². The molecule has 0 amide bonds. The summed E-state index contributed by atoms with van der Waals surface area (Å²) in [7, 11) is 0. The van der Waals surface area contributed by atoms with Crippen molar-refractivity contribution in [3.63, 3.8) is 0 Å². The number of hydrogen-bond donors (Lipinski definition) is 1. The van der Waals surface area contributed by atoms with E-state index in [4.69, 9.17) is 0 Å². The number of aromatic nitrogens is 1. The van der Waals surface area contributed by atoms with Crippen molar-refractivity contribution < 1.29 is 9.90 Å². The molecule has 1 heterocycles. The first-order valence-electron chi connectivity index (χ1n) is 8.84. The smallest absolute Gasteiger partial charge is 0.167 e. The van der Waals surface area contributed by atoms with E-state index in [-0.39, 0.29) is 17.5 Å². The van der Waals surface area contributed by atoms with Crippen molar-refractivity contribution in [3.05, 3.63) is 69.7 Å². The second kappa shape index (κ2) is 7.17. The number of aliphatic hydroxyl groups excluding tert-OH is 1. The molecular weight excluding hydrogens is 322 g/mol. The van der Waals surface area contributed by atoms with Crippen LogP contribution < -0.4 is 0 Å². The summed E-state index contributed by atoms with van der Waals surface area (Å²) >= 11 is 0. The summed E-state index contributed by atoms with van der Waals surface area (Å²) < 4.78 is 0. The van der Waals surface area contributed by atoms with E-state index in [1.165, 1.54) is 0 Å². The number of aryl methyl sites for hydroxylation is 3. The second-order valence-electron chi connectivity index (χ2n) is 6.92. The first-order valence-corrected chi connectivity index (χ1v) is 8.84. The van der Waals surface area contributed by atoms with Crippen LogP contribution in [0.3, 0.4) is 0 Å². The van der Waals surface area contributed by atoms with Gasteiger partial charge in [-0.25, -0.2) is 0 Å². The lowest BCUT2D eigenvalue weighted by atomic mass is 9.92. The van der Waals surface area contributed by atoms with Gasteiger partial charge in [0.1, 0.15) is 5.76 Å². The van der Waals surface area contributed by atoms with Gasteiger partial charge in [0, 0.05) is 29.3 Å². The van der Waals surface area contributed by atoms with Gasteiger partial charge in [-0.1, -0.05) is 12.0 Å². The zero-order chi connectivity index (χ0) is 18.8. The first kappa shape index (κ1) is 17.9. The van der Waals surface area contributed by atoms with Gasteiger partial charge < -0.3 is 5.11 Å². The Kier molecular flexibility index (Phi) is 4.95. The maximum absolute atomic E-state index is 12.7. The molecule has 1 aliphatic rings. The molecule has 0 bridgehead atoms. The van der Waals surface area contributed by atoms with Crippen LogP contribution in [0.2, 0.25) is 0 Å². The van der Waals surface area contributed by atoms with Gasteiger partial charge in [0.2, 0.25) is 0 Å². The number of allylic oxidation sites excluding steroid dienone is 2. The number of pyridine rings is 1. The zero-order valence-electron chi connectivity index (χ0n) is 15.7. The van der Waals surface area contributed by atoms with E-state index < -0.39 is 0 Å². The van der Waals surface area contributed by atoms with Gasteiger partial charge in [0.05, 0.1) is 5.57 Å². The van der Waals surface area contributed by atoms with Crippen molar-refractivity contribution in [3.8, 4) is 11.8 Å². The molecule has 0 spiro atoms. The molecule has 1 unspecified atom stereocenters. The molecule has 1 aliphatic carbocycles. The molecule has 0 saturated carbocycles. The van der Waals surface area contributed by atoms with E-state index >= 15 is 0 Å². The topological polar surface area (TPSA) is 50.2 Å². The lowest BCUT2D eigenvalue weighted by molar-refractivity contribution is -0.113. The van der Waals surface area contributed by atoms with Crippen LogP contribution in [0.15, 0.2) is 36.1 Å². The van der Waals surface area contributed by atoms with Crippen molar-refractivity contribution in [1.82, 2.24) is 4.98 Å². The highest BCUT2D eigenvalue weighted by atomic mass is 16.3. The number of benzene rings is 1. The number of Topliss-reactive ketones (excluding diaryl/α,β-unsaturated/α-hetero) is 1. The molecule has 3 rings (SSSR count). The van der Waals surface area contributed by atoms with Gasteiger partial charge in [-0.05, 0) is 75.1 Å². The number of rotatable bonds is 3. The molecule has 26 heavy (non-hydrogen) atoms. The fraction of sp³-hybridized carbons (Fsp3) is 0.304. The average Bonchev–Trinajstić information content (AvgIpc) is 2.82. The van der Waals surface area contributed by atoms with Crippen LogP contribution >= 0.6 is 0 Å². The molecule has 1 aromatic carbocycles. The van der Waals surface area contributed by atoms with Gasteiger partial charge in [-0.2, -0.15) is 0 Å². The standard InChI is InChI=1S/C23H23NO2/c1-5-7-17-10-14(2)21(15(3)11-17)22-20(25)13-18(23(22)26)12-19-9-6-8-16(4)24-19/h6,8-11,18,26H,12-13H2,1-4H3. The van der Waals surface area contributed by atoms with Crippen LogP contribution in [0.25, 0.3) is 5.57 Å². The highest BCUT2D eigenvalue weighted by Gasteiger charge is 2.34. The van der Waals surface area contributed by atoms with Gasteiger partial charge in [-0.3, -0.25) is 9.78 Å². The molecule has 2 aromatic rings. The van der Waals surface area contributed by atoms with E-state index in [0.717, 1.165) is 33.6 Å². The molecule has 1 aromatic heterocycles. The molecule has 0 fully saturated rings. The predicted molar refractivity (Wildman–Crippen MR) is 104 cm³/mol. The fourth-order valence-electron chi connectivity index (χ4n) is 3.75. The fourth-order valence-corrected chi connectivity index (χ4v) is 3.75. The van der Waals surface area contributed by atoms with E-state index in [2.05, 4.69) is 16.8 Å². The summed E-state index contributed by atoms with van der Waals surface area (Å²) in [5.41, 5.74) is 6.01. The zero-order valence-corrected chi connectivity index (χ0v) is 15.7. The monoisotopic (exact) mass is 345 g/mol. The van der Waals surface area contributed by atoms with Gasteiger partial charge >= 0.3 is 0 Å². The predicted octanol–water partition coefficient (Wildman–Crippen LogP) is 4.48. The van der Waals surface area contributed by atoms with Gasteiger partial charge in [0.15, 0.2) is 5.78 Å². The molecule has 1 atom stereocenters. The molecule has 0 saturated heterocycles. The maximum Gasteiger partial charge on any atom is 0.167 e. The average molecular weight is 345 g/mol. The Bertz CT molecular complexity index is 950. The number of aliphatic hydroxyl groups is 1. The Labute approximate surface area is 154 Å². The van der Waals surface area contributed by atoms with Crippen molar-refractivity contribution in [2.24, 2.45) is 5.92 Å². The number of nitrogens with zero attached hydrogens (tertiary/aromatic N) is 1. The molecule has 0 aliphatic heterocycles. The second-order valence-corrected chi connectivity index (χ2v) is 6.92. The minimum absolute atomic E-state index is 0.000628. The molecule has 3 nitrogen and oxygen atoms in total. The molecule has 3 heteroatoms. The molecular formula is C23H23NO2. The number of ketones is 1. The highest BCUT2D eigenvalue weighted by molar-refractivity contribution is 6.24. The summed E-state index contributed by atoms with van der Waals surface area (Å²) in [6.07, 6.45) is 0.895. The van der Waals surface area contributed by atoms with Gasteiger partial charge in [-0.15, -0.1) is 5.92 Å². The van der Waals surface area contributed by atoms with Crippen molar-refractivity contribution in [2.75, 3.05) is 0 Å². The van der Waals surface area contributed by atoms with E-state index in [0.29, 0.717) is 18.4 Å². The molecule has 1 N–H and O–H groups in total. The Morgan fingerprint density at radius 1 is 1.19 bits per heavy atom. The van der Waals surface area contributed by atoms with Crippen LogP contribution in [0.5, 0.6) is 0 Å². The van der Waals surface area contributed by atoms with Crippen LogP contribution in [-0.2, 0) is 11.2 Å². The summed E-state index contributed by atoms with van der Waals surface area (Å²) in [5.74, 6) is 5.94. The van der Waals surface area contributed by atoms with Crippen LogP contribution in [0, 0.1) is 38.5 Å². The summed E-state index contributed by atoms with van der Waals surface area (Å²) in [6, 6.07) is 9.79. The van der Waals surface area contributed by atoms with E-state index in [9.17, 15) is 9.90 Å². The third kappa shape index (κ3) is 3.41. The maximum atomic E-state index is 12.7. The third-order valence-electron chi connectivity index (χ3n) is 4.81. The van der Waals surface area contributed by atoms with E-state index in [1.54, 1.807) is 6.92 Å². The quantitative estimate of drug-likeness (QED) is 0.835. The SMILES string of the molecule is CC#Cc1cc(C)c(C2=C(O)C(Cc3cccc(C)n3)CC2=O)c(C)c1. The Balaban J connectivity index is 2.00. The Hall–Kier alpha value is -2.86. The first-order chi connectivity index (χ1) is 12.4. The van der Waals surface area contributed by atoms with Crippen molar-refractivity contribution in [2.45, 2.75) is 40.5 Å². The number of hydrogen-bond acceptors (Lipinski definition) is 3. The number of carbonyl (C=O) groups excluding carboxylic acids is 1. The normalized spacial score (nSPS) is 16.6. The lowest BCUT2D eigenvalue weighted by Crippen LogP contribution is -2.06. The minimum Gasteiger partial charge on any atom is -0.511 e. The van der Waals surface area contributed by atoms with E-state index in [1.807, 2.05) is 51.1 Å². The summed E-state index contributed by atoms with van der Waals surface area (Å²) in [4.78, 5) is 17.2. The van der Waals surface area contributed by atoms with Crippen LogP contribution in [-0.4, -0.2) is 15.9 Å². The van der Waals surface area contributed by atoms with Crippen LogP contribution in [0.1, 0.15) is 47.0 Å². The lowest BCUT2D eigenvalue weighted by Gasteiger charge is -2.13. The minimum atomic E-state index is -0.208. The third-order valence-corrected chi connectivity index (χ3v) is 4.81.